The molecule has 2 aliphatic heterocycles. The SMILES string of the molecule is CN1CC([C@H]2OC[C@@H](C/C=C\CCC(=O)O)[C@@H](c3ccccc3O)O2)c2ccccc21. The van der Waals surface area contributed by atoms with E-state index in [1.54, 1.807) is 12.1 Å². The maximum absolute atomic E-state index is 10.7. The summed E-state index contributed by atoms with van der Waals surface area (Å²) in [6.45, 7) is 1.33. The second-order valence-electron chi connectivity index (χ2n) is 8.26. The topological polar surface area (TPSA) is 79.2 Å². The molecule has 0 aromatic heterocycles. The van der Waals surface area contributed by atoms with Gasteiger partial charge in [-0.3, -0.25) is 4.79 Å². The second-order valence-corrected chi connectivity index (χ2v) is 8.26. The van der Waals surface area contributed by atoms with E-state index in [-0.39, 0.29) is 30.1 Å². The van der Waals surface area contributed by atoms with E-state index in [0.717, 1.165) is 12.1 Å². The Morgan fingerprint density at radius 2 is 1.87 bits per heavy atom. The van der Waals surface area contributed by atoms with Crippen LogP contribution in [0.4, 0.5) is 5.69 Å². The summed E-state index contributed by atoms with van der Waals surface area (Å²) in [4.78, 5) is 12.9. The van der Waals surface area contributed by atoms with Gasteiger partial charge in [-0.15, -0.1) is 0 Å². The van der Waals surface area contributed by atoms with E-state index in [2.05, 4.69) is 24.1 Å². The Labute approximate surface area is 182 Å². The Hall–Kier alpha value is -2.83. The van der Waals surface area contributed by atoms with Crippen LogP contribution in [0.15, 0.2) is 60.7 Å². The predicted octanol–water partition coefficient (Wildman–Crippen LogP) is 4.47. The van der Waals surface area contributed by atoms with Gasteiger partial charge in [-0.1, -0.05) is 48.6 Å². The molecule has 1 saturated heterocycles. The van der Waals surface area contributed by atoms with E-state index in [4.69, 9.17) is 14.6 Å². The van der Waals surface area contributed by atoms with E-state index >= 15 is 0 Å². The minimum atomic E-state index is -0.800. The van der Waals surface area contributed by atoms with Crippen molar-refractivity contribution in [2.45, 2.75) is 37.6 Å². The van der Waals surface area contributed by atoms with Gasteiger partial charge in [-0.2, -0.15) is 0 Å². The number of rotatable bonds is 7. The van der Waals surface area contributed by atoms with Gasteiger partial charge in [0, 0.05) is 37.2 Å². The zero-order valence-electron chi connectivity index (χ0n) is 17.7. The van der Waals surface area contributed by atoms with E-state index < -0.39 is 12.3 Å². The highest BCUT2D eigenvalue weighted by Crippen LogP contribution is 2.45. The summed E-state index contributed by atoms with van der Waals surface area (Å²) in [6.07, 6.45) is 4.49. The third-order valence-electron chi connectivity index (χ3n) is 6.10. The minimum absolute atomic E-state index is 0.0278. The number of ether oxygens (including phenoxy) is 2. The smallest absolute Gasteiger partial charge is 0.303 e. The lowest BCUT2D eigenvalue weighted by molar-refractivity contribution is -0.246. The zero-order valence-corrected chi connectivity index (χ0v) is 17.7. The molecule has 0 bridgehead atoms. The van der Waals surface area contributed by atoms with Crippen LogP contribution in [0.2, 0.25) is 0 Å². The van der Waals surface area contributed by atoms with E-state index in [1.165, 1.54) is 11.3 Å². The van der Waals surface area contributed by atoms with Crippen molar-refractivity contribution >= 4 is 11.7 Å². The summed E-state index contributed by atoms with van der Waals surface area (Å²) in [5, 5.41) is 19.3. The number of hydrogen-bond donors (Lipinski definition) is 2. The number of carboxylic acid groups (broad SMARTS) is 1. The number of anilines is 1. The predicted molar refractivity (Wildman–Crippen MR) is 118 cm³/mol. The standard InChI is InChI=1S/C25H29NO5/c1-26-15-20(18-10-5-7-12-21(18)26)25-30-16-17(9-3-2-4-14-23(28)29)24(31-25)19-11-6-8-13-22(19)27/h2-3,5-8,10-13,17,20,24-25,27H,4,9,14-16H2,1H3,(H,28,29)/b3-2-/t17-,20?,24+,25+/m1/s1. The third kappa shape index (κ3) is 4.75. The highest BCUT2D eigenvalue weighted by molar-refractivity contribution is 5.66. The van der Waals surface area contributed by atoms with Crippen molar-refractivity contribution < 1.29 is 24.5 Å². The van der Waals surface area contributed by atoms with Crippen molar-refractivity contribution in [3.63, 3.8) is 0 Å². The molecule has 0 amide bonds. The summed E-state index contributed by atoms with van der Waals surface area (Å²) in [6, 6.07) is 15.6. The number of hydrogen-bond acceptors (Lipinski definition) is 5. The van der Waals surface area contributed by atoms with Crippen molar-refractivity contribution in [3.05, 3.63) is 71.8 Å². The minimum Gasteiger partial charge on any atom is -0.508 e. The molecular weight excluding hydrogens is 394 g/mol. The Kier molecular flexibility index (Phi) is 6.59. The molecule has 2 N–H and O–H groups in total. The fourth-order valence-corrected chi connectivity index (χ4v) is 4.53. The maximum Gasteiger partial charge on any atom is 0.303 e. The molecule has 1 unspecified atom stereocenters. The number of allylic oxidation sites excluding steroid dienone is 2. The van der Waals surface area contributed by atoms with Crippen LogP contribution >= 0.6 is 0 Å². The number of fused-ring (bicyclic) bond motifs is 1. The maximum atomic E-state index is 10.7. The lowest BCUT2D eigenvalue weighted by Gasteiger charge is -2.39. The number of phenols is 1. The van der Waals surface area contributed by atoms with Gasteiger partial charge >= 0.3 is 5.97 Å². The fourth-order valence-electron chi connectivity index (χ4n) is 4.53. The van der Waals surface area contributed by atoms with Crippen molar-refractivity contribution in [2.24, 2.45) is 5.92 Å². The van der Waals surface area contributed by atoms with Crippen LogP contribution in [-0.4, -0.2) is 42.7 Å². The molecular formula is C25H29NO5. The second kappa shape index (κ2) is 9.54. The summed E-state index contributed by atoms with van der Waals surface area (Å²) in [5.41, 5.74) is 3.18. The molecule has 0 saturated carbocycles. The molecule has 2 aliphatic rings. The Morgan fingerprint density at radius 1 is 1.13 bits per heavy atom. The number of aromatic hydroxyl groups is 1. The average Bonchev–Trinajstić information content (AvgIpc) is 3.11. The molecule has 0 aliphatic carbocycles. The lowest BCUT2D eigenvalue weighted by Crippen LogP contribution is -2.39. The highest BCUT2D eigenvalue weighted by atomic mass is 16.7. The van der Waals surface area contributed by atoms with E-state index in [0.29, 0.717) is 19.4 Å². The first kappa shape index (κ1) is 21.4. The van der Waals surface area contributed by atoms with Crippen molar-refractivity contribution in [1.29, 1.82) is 0 Å². The molecule has 0 radical (unpaired) electrons. The van der Waals surface area contributed by atoms with Gasteiger partial charge in [0.1, 0.15) is 5.75 Å². The number of para-hydroxylation sites is 2. The molecule has 6 heteroatoms. The van der Waals surface area contributed by atoms with Crippen molar-refractivity contribution in [3.8, 4) is 5.75 Å². The molecule has 6 nitrogen and oxygen atoms in total. The molecule has 2 aromatic rings. The Morgan fingerprint density at radius 3 is 2.65 bits per heavy atom. The number of carboxylic acids is 1. The summed E-state index contributed by atoms with van der Waals surface area (Å²) < 4.78 is 12.7. The van der Waals surface area contributed by atoms with Gasteiger partial charge in [0.15, 0.2) is 6.29 Å². The normalized spacial score (nSPS) is 25.6. The van der Waals surface area contributed by atoms with Crippen LogP contribution in [0.3, 0.4) is 0 Å². The first-order chi connectivity index (χ1) is 15.0. The Balaban J connectivity index is 1.52. The first-order valence-corrected chi connectivity index (χ1v) is 10.8. The largest absolute Gasteiger partial charge is 0.508 e. The molecule has 4 atom stereocenters. The monoisotopic (exact) mass is 423 g/mol. The summed E-state index contributed by atoms with van der Waals surface area (Å²) >= 11 is 0. The average molecular weight is 424 g/mol. The highest BCUT2D eigenvalue weighted by Gasteiger charge is 2.41. The van der Waals surface area contributed by atoms with Gasteiger partial charge < -0.3 is 24.6 Å². The molecule has 1 fully saturated rings. The Bertz CT molecular complexity index is 943. The van der Waals surface area contributed by atoms with Gasteiger partial charge in [0.05, 0.1) is 18.6 Å². The van der Waals surface area contributed by atoms with Crippen molar-refractivity contribution in [1.82, 2.24) is 0 Å². The fraction of sp³-hybridized carbons (Fsp3) is 0.400. The number of phenolic OH excluding ortho intramolecular Hbond substituents is 1. The number of benzene rings is 2. The summed E-state index contributed by atoms with van der Waals surface area (Å²) in [7, 11) is 2.08. The number of carbonyl (C=O) groups is 1. The van der Waals surface area contributed by atoms with Crippen LogP contribution in [0, 0.1) is 5.92 Å². The van der Waals surface area contributed by atoms with Gasteiger partial charge in [0.2, 0.25) is 0 Å². The number of likely N-dealkylation sites (N-methyl/N-ethyl adjacent to an activating group) is 1. The van der Waals surface area contributed by atoms with Crippen LogP contribution in [0.5, 0.6) is 5.75 Å². The third-order valence-corrected chi connectivity index (χ3v) is 6.10. The van der Waals surface area contributed by atoms with E-state index in [9.17, 15) is 9.90 Å². The van der Waals surface area contributed by atoms with Crippen LogP contribution in [-0.2, 0) is 14.3 Å². The zero-order chi connectivity index (χ0) is 21.8. The van der Waals surface area contributed by atoms with Gasteiger partial charge in [0.25, 0.3) is 0 Å². The quantitative estimate of drug-likeness (QED) is 0.640. The summed E-state index contributed by atoms with van der Waals surface area (Å²) in [5.74, 6) is -0.454. The molecule has 164 valence electrons. The molecule has 4 rings (SSSR count). The van der Waals surface area contributed by atoms with Crippen LogP contribution in [0.1, 0.15) is 42.4 Å². The molecule has 2 aromatic carbocycles. The van der Waals surface area contributed by atoms with Crippen LogP contribution < -0.4 is 4.90 Å². The number of aliphatic carboxylic acids is 1. The van der Waals surface area contributed by atoms with E-state index in [1.807, 2.05) is 36.4 Å². The molecule has 0 spiro atoms. The van der Waals surface area contributed by atoms with Gasteiger partial charge in [-0.05, 0) is 30.5 Å². The van der Waals surface area contributed by atoms with Crippen LogP contribution in [0.25, 0.3) is 0 Å². The molecule has 2 heterocycles. The van der Waals surface area contributed by atoms with Gasteiger partial charge in [-0.25, -0.2) is 0 Å². The first-order valence-electron chi connectivity index (χ1n) is 10.8. The van der Waals surface area contributed by atoms with Crippen molar-refractivity contribution in [2.75, 3.05) is 25.1 Å². The molecule has 31 heavy (non-hydrogen) atoms. The lowest BCUT2D eigenvalue weighted by atomic mass is 9.90. The number of nitrogens with zero attached hydrogens (tertiary/aromatic N) is 1.